The van der Waals surface area contributed by atoms with Crippen LogP contribution in [0.25, 0.3) is 21.9 Å². The van der Waals surface area contributed by atoms with Gasteiger partial charge in [0, 0.05) is 40.2 Å². The number of hydrogen-bond acceptors (Lipinski definition) is 4. The first kappa shape index (κ1) is 20.7. The number of rotatable bonds is 6. The smallest absolute Gasteiger partial charge is 0.339 e. The molecule has 0 saturated carbocycles. The second kappa shape index (κ2) is 8.30. The molecule has 31 heavy (non-hydrogen) atoms. The Morgan fingerprint density at radius 2 is 1.84 bits per heavy atom. The van der Waals surface area contributed by atoms with E-state index in [2.05, 4.69) is 16.4 Å². The van der Waals surface area contributed by atoms with E-state index in [4.69, 9.17) is 9.15 Å². The lowest BCUT2D eigenvalue weighted by molar-refractivity contribution is -0.127. The van der Waals surface area contributed by atoms with E-state index in [1.807, 2.05) is 50.4 Å². The highest BCUT2D eigenvalue weighted by atomic mass is 16.5. The van der Waals surface area contributed by atoms with E-state index < -0.39 is 6.10 Å². The van der Waals surface area contributed by atoms with Crippen molar-refractivity contribution in [2.24, 2.45) is 0 Å². The van der Waals surface area contributed by atoms with Gasteiger partial charge in [-0.2, -0.15) is 0 Å². The molecule has 6 heteroatoms. The molecule has 0 saturated heterocycles. The van der Waals surface area contributed by atoms with Crippen molar-refractivity contribution >= 4 is 27.8 Å². The third-order valence-electron chi connectivity index (χ3n) is 5.87. The number of benzene rings is 2. The number of amides is 1. The lowest BCUT2D eigenvalue weighted by Crippen LogP contribution is -2.37. The average Bonchev–Trinajstić information content (AvgIpc) is 3.17. The van der Waals surface area contributed by atoms with E-state index in [0.717, 1.165) is 28.5 Å². The first-order valence-electron chi connectivity index (χ1n) is 10.4. The van der Waals surface area contributed by atoms with Gasteiger partial charge in [-0.15, -0.1) is 0 Å². The van der Waals surface area contributed by atoms with Gasteiger partial charge < -0.3 is 19.5 Å². The zero-order chi connectivity index (χ0) is 22.1. The van der Waals surface area contributed by atoms with Crippen molar-refractivity contribution in [1.82, 2.24) is 10.3 Å². The molecule has 6 nitrogen and oxygen atoms in total. The average molecular weight is 418 g/mol. The van der Waals surface area contributed by atoms with E-state index in [9.17, 15) is 9.59 Å². The first-order chi connectivity index (χ1) is 14.9. The van der Waals surface area contributed by atoms with Crippen LogP contribution in [0.1, 0.15) is 29.2 Å². The molecule has 0 aliphatic carbocycles. The maximum atomic E-state index is 12.5. The fraction of sp³-hybridized carbons (Fsp3) is 0.280. The van der Waals surface area contributed by atoms with E-state index in [1.54, 1.807) is 13.8 Å². The summed E-state index contributed by atoms with van der Waals surface area (Å²) in [7, 11) is 0. The number of fused-ring (bicyclic) bond motifs is 2. The highest BCUT2D eigenvalue weighted by Gasteiger charge is 2.18. The molecule has 0 aliphatic rings. The first-order valence-corrected chi connectivity index (χ1v) is 10.4. The molecule has 2 aromatic heterocycles. The number of carbonyl (C=O) groups is 1. The summed E-state index contributed by atoms with van der Waals surface area (Å²) in [6, 6.07) is 11.8. The Hall–Kier alpha value is -3.54. The predicted molar refractivity (Wildman–Crippen MR) is 122 cm³/mol. The summed E-state index contributed by atoms with van der Waals surface area (Å²) in [5.74, 6) is 0.332. The molecule has 0 fully saturated rings. The summed E-state index contributed by atoms with van der Waals surface area (Å²) in [5.41, 5.74) is 4.59. The van der Waals surface area contributed by atoms with Crippen molar-refractivity contribution in [2.75, 3.05) is 6.54 Å². The van der Waals surface area contributed by atoms with Crippen LogP contribution in [0.5, 0.6) is 5.75 Å². The number of aromatic amines is 1. The van der Waals surface area contributed by atoms with Gasteiger partial charge in [0.1, 0.15) is 11.3 Å². The molecule has 2 heterocycles. The molecule has 1 unspecified atom stereocenters. The molecular weight excluding hydrogens is 392 g/mol. The lowest BCUT2D eigenvalue weighted by Gasteiger charge is -2.17. The molecular formula is C25H26N2O4. The van der Waals surface area contributed by atoms with Gasteiger partial charge >= 0.3 is 5.63 Å². The van der Waals surface area contributed by atoms with Crippen LogP contribution in [0.4, 0.5) is 0 Å². The normalized spacial score (nSPS) is 12.3. The highest BCUT2D eigenvalue weighted by Crippen LogP contribution is 2.29. The summed E-state index contributed by atoms with van der Waals surface area (Å²) < 4.78 is 11.4. The second-order valence-electron chi connectivity index (χ2n) is 7.87. The molecule has 4 rings (SSSR count). The summed E-state index contributed by atoms with van der Waals surface area (Å²) in [5, 5.41) is 4.98. The molecule has 0 spiro atoms. The zero-order valence-corrected chi connectivity index (χ0v) is 18.2. The Labute approximate surface area is 180 Å². The SMILES string of the molecule is Cc1c(C)c2ccc(OC(C)C(=O)NCCc3c[nH]c4ccccc34)c(C)c2oc1=O. The van der Waals surface area contributed by atoms with Gasteiger partial charge in [0.15, 0.2) is 6.10 Å². The number of H-pyrrole nitrogens is 1. The molecule has 4 aromatic rings. The highest BCUT2D eigenvalue weighted by molar-refractivity contribution is 5.86. The number of aryl methyl sites for hydroxylation is 2. The van der Waals surface area contributed by atoms with E-state index in [-0.39, 0.29) is 11.5 Å². The van der Waals surface area contributed by atoms with E-state index in [0.29, 0.717) is 29.0 Å². The molecule has 160 valence electrons. The molecule has 2 aromatic carbocycles. The predicted octanol–water partition coefficient (Wildman–Crippen LogP) is 4.33. The van der Waals surface area contributed by atoms with Gasteiger partial charge in [0.05, 0.1) is 0 Å². The molecule has 2 N–H and O–H groups in total. The van der Waals surface area contributed by atoms with Crippen LogP contribution in [0.2, 0.25) is 0 Å². The van der Waals surface area contributed by atoms with E-state index in [1.165, 1.54) is 5.39 Å². The Balaban J connectivity index is 1.43. The van der Waals surface area contributed by atoms with Crippen molar-refractivity contribution in [3.63, 3.8) is 0 Å². The Kier molecular flexibility index (Phi) is 5.55. The summed E-state index contributed by atoms with van der Waals surface area (Å²) >= 11 is 0. The van der Waals surface area contributed by atoms with Crippen molar-refractivity contribution < 1.29 is 13.9 Å². The van der Waals surface area contributed by atoms with Crippen LogP contribution in [0.15, 0.2) is 51.8 Å². The second-order valence-corrected chi connectivity index (χ2v) is 7.87. The number of para-hydroxylation sites is 1. The summed E-state index contributed by atoms with van der Waals surface area (Å²) in [6.45, 7) is 7.71. The Bertz CT molecular complexity index is 1330. The number of carbonyl (C=O) groups excluding carboxylic acids is 1. The van der Waals surface area contributed by atoms with Crippen LogP contribution < -0.4 is 15.7 Å². The molecule has 1 atom stereocenters. The van der Waals surface area contributed by atoms with Gasteiger partial charge in [-0.3, -0.25) is 4.79 Å². The van der Waals surface area contributed by atoms with Crippen molar-refractivity contribution in [3.05, 3.63) is 75.3 Å². The standard InChI is InChI=1S/C25H26N2O4/c1-14-15(2)25(29)31-23-16(3)22(10-9-19(14)23)30-17(4)24(28)26-12-11-18-13-27-21-8-6-5-7-20(18)21/h5-10,13,17,27H,11-12H2,1-4H3,(H,26,28). The summed E-state index contributed by atoms with van der Waals surface area (Å²) in [6.07, 6.45) is 2.02. The Morgan fingerprint density at radius 3 is 2.65 bits per heavy atom. The molecule has 1 amide bonds. The zero-order valence-electron chi connectivity index (χ0n) is 18.2. The molecule has 0 aliphatic heterocycles. The van der Waals surface area contributed by atoms with Crippen molar-refractivity contribution in [3.8, 4) is 5.75 Å². The van der Waals surface area contributed by atoms with Crippen LogP contribution >= 0.6 is 0 Å². The minimum Gasteiger partial charge on any atom is -0.480 e. The summed E-state index contributed by atoms with van der Waals surface area (Å²) in [4.78, 5) is 27.9. The number of ether oxygens (including phenoxy) is 1. The van der Waals surface area contributed by atoms with E-state index >= 15 is 0 Å². The van der Waals surface area contributed by atoms with Gasteiger partial charge in [-0.05, 0) is 63.4 Å². The Morgan fingerprint density at radius 1 is 1.06 bits per heavy atom. The number of nitrogens with one attached hydrogen (secondary N) is 2. The lowest BCUT2D eigenvalue weighted by atomic mass is 10.0. The molecule has 0 radical (unpaired) electrons. The minimum absolute atomic E-state index is 0.194. The third kappa shape index (κ3) is 3.93. The topological polar surface area (TPSA) is 84.3 Å². The maximum Gasteiger partial charge on any atom is 0.339 e. The quantitative estimate of drug-likeness (QED) is 0.457. The van der Waals surface area contributed by atoms with Crippen LogP contribution in [0.3, 0.4) is 0 Å². The number of aromatic nitrogens is 1. The third-order valence-corrected chi connectivity index (χ3v) is 5.87. The van der Waals surface area contributed by atoms with Gasteiger partial charge in [0.2, 0.25) is 0 Å². The van der Waals surface area contributed by atoms with Crippen molar-refractivity contribution in [2.45, 2.75) is 40.2 Å². The van der Waals surface area contributed by atoms with Crippen molar-refractivity contribution in [1.29, 1.82) is 0 Å². The largest absolute Gasteiger partial charge is 0.480 e. The van der Waals surface area contributed by atoms with Crippen LogP contribution in [-0.2, 0) is 11.2 Å². The molecule has 0 bridgehead atoms. The fourth-order valence-corrected chi connectivity index (χ4v) is 3.80. The van der Waals surface area contributed by atoms with Crippen LogP contribution in [0, 0.1) is 20.8 Å². The van der Waals surface area contributed by atoms with Gasteiger partial charge in [-0.1, -0.05) is 18.2 Å². The number of hydrogen-bond donors (Lipinski definition) is 2. The van der Waals surface area contributed by atoms with Gasteiger partial charge in [-0.25, -0.2) is 4.79 Å². The van der Waals surface area contributed by atoms with Gasteiger partial charge in [0.25, 0.3) is 5.91 Å². The van der Waals surface area contributed by atoms with Crippen LogP contribution in [-0.4, -0.2) is 23.5 Å². The minimum atomic E-state index is -0.683. The fourth-order valence-electron chi connectivity index (χ4n) is 3.80. The maximum absolute atomic E-state index is 12.5. The monoisotopic (exact) mass is 418 g/mol.